The van der Waals surface area contributed by atoms with Crippen LogP contribution >= 0.6 is 0 Å². The molecule has 0 radical (unpaired) electrons. The quantitative estimate of drug-likeness (QED) is 0.432. The maximum Gasteiger partial charge on any atom is 0.416 e. The molecular weight excluding hydrogens is 441 g/mol. The third kappa shape index (κ3) is 6.23. The summed E-state index contributed by atoms with van der Waals surface area (Å²) in [6, 6.07) is 14.0. The van der Waals surface area contributed by atoms with Crippen LogP contribution in [0.2, 0.25) is 0 Å². The van der Waals surface area contributed by atoms with Crippen LogP contribution in [0, 0.1) is 0 Å². The number of hydrogen-bond acceptors (Lipinski definition) is 4. The molecule has 3 aromatic rings. The molecule has 0 saturated heterocycles. The van der Waals surface area contributed by atoms with Gasteiger partial charge in [-0.1, -0.05) is 31.2 Å². The van der Waals surface area contributed by atoms with Crippen molar-refractivity contribution in [2.24, 2.45) is 0 Å². The molecule has 9 heteroatoms. The highest BCUT2D eigenvalue weighted by molar-refractivity contribution is 7.86. The molecule has 0 saturated carbocycles. The molecule has 1 atom stereocenters. The van der Waals surface area contributed by atoms with E-state index in [0.29, 0.717) is 28.6 Å². The number of nitrogens with zero attached hydrogens (tertiary/aromatic N) is 1. The van der Waals surface area contributed by atoms with Gasteiger partial charge in [0.2, 0.25) is 5.88 Å². The van der Waals surface area contributed by atoms with Gasteiger partial charge < -0.3 is 14.2 Å². The Hall–Kier alpha value is -3.07. The van der Waals surface area contributed by atoms with E-state index in [9.17, 15) is 17.4 Å². The number of anilines is 1. The Labute approximate surface area is 187 Å². The molecule has 1 heterocycles. The highest BCUT2D eigenvalue weighted by Crippen LogP contribution is 2.32. The minimum atomic E-state index is -4.40. The minimum absolute atomic E-state index is 0.00294. The molecule has 0 fully saturated rings. The summed E-state index contributed by atoms with van der Waals surface area (Å²) in [6.07, 6.45) is -2.01. The van der Waals surface area contributed by atoms with Crippen LogP contribution in [0.4, 0.5) is 18.9 Å². The standard InChI is InChI=1S/C23H23F3N2O3S/c1-3-10-32(29)28-21-13-18(14-27-22(21)30-2)17-7-5-9-20(12-17)31-15-16-6-4-8-19(11-16)23(24,25)26/h4-9,11-14,28H,3,10,15H2,1-2H3. The van der Waals surface area contributed by atoms with Gasteiger partial charge in [-0.3, -0.25) is 0 Å². The topological polar surface area (TPSA) is 60.5 Å². The number of pyridine rings is 1. The van der Waals surface area contributed by atoms with Crippen LogP contribution in [-0.4, -0.2) is 22.1 Å². The van der Waals surface area contributed by atoms with E-state index in [0.717, 1.165) is 29.7 Å². The first-order chi connectivity index (χ1) is 15.3. The smallest absolute Gasteiger partial charge is 0.416 e. The van der Waals surface area contributed by atoms with Crippen molar-refractivity contribution < 1.29 is 26.9 Å². The summed E-state index contributed by atoms with van der Waals surface area (Å²) < 4.78 is 64.7. The van der Waals surface area contributed by atoms with Crippen LogP contribution in [0.1, 0.15) is 24.5 Å². The fraction of sp³-hybridized carbons (Fsp3) is 0.261. The summed E-state index contributed by atoms with van der Waals surface area (Å²) in [7, 11) is 0.225. The number of aromatic nitrogens is 1. The molecule has 0 spiro atoms. The molecule has 0 bridgehead atoms. The summed E-state index contributed by atoms with van der Waals surface area (Å²) in [4.78, 5) is 4.28. The zero-order valence-corrected chi connectivity index (χ0v) is 18.4. The van der Waals surface area contributed by atoms with Crippen molar-refractivity contribution in [3.05, 3.63) is 71.9 Å². The molecule has 0 aliphatic heterocycles. The van der Waals surface area contributed by atoms with Gasteiger partial charge in [0.15, 0.2) is 0 Å². The Bertz CT molecular complexity index is 1090. The van der Waals surface area contributed by atoms with Gasteiger partial charge in [-0.05, 0) is 47.9 Å². The van der Waals surface area contributed by atoms with Crippen molar-refractivity contribution in [2.45, 2.75) is 26.1 Å². The largest absolute Gasteiger partial charge is 0.489 e. The molecule has 170 valence electrons. The van der Waals surface area contributed by atoms with E-state index in [1.54, 1.807) is 36.5 Å². The lowest BCUT2D eigenvalue weighted by molar-refractivity contribution is -0.137. The van der Waals surface area contributed by atoms with Gasteiger partial charge >= 0.3 is 6.18 Å². The molecule has 3 rings (SSSR count). The fourth-order valence-electron chi connectivity index (χ4n) is 2.97. The van der Waals surface area contributed by atoms with E-state index in [2.05, 4.69) is 9.71 Å². The van der Waals surface area contributed by atoms with Crippen LogP contribution in [0.3, 0.4) is 0 Å². The zero-order chi connectivity index (χ0) is 23.1. The van der Waals surface area contributed by atoms with Gasteiger partial charge in [0.25, 0.3) is 0 Å². The Morgan fingerprint density at radius 2 is 1.84 bits per heavy atom. The number of ether oxygens (including phenoxy) is 2. The second kappa shape index (κ2) is 10.5. The van der Waals surface area contributed by atoms with E-state index >= 15 is 0 Å². The summed E-state index contributed by atoms with van der Waals surface area (Å²) in [5.41, 5.74) is 1.74. The van der Waals surface area contributed by atoms with E-state index in [1.807, 2.05) is 13.0 Å². The van der Waals surface area contributed by atoms with E-state index in [1.165, 1.54) is 13.2 Å². The van der Waals surface area contributed by atoms with E-state index in [-0.39, 0.29) is 6.61 Å². The lowest BCUT2D eigenvalue weighted by Crippen LogP contribution is -2.09. The van der Waals surface area contributed by atoms with Crippen LogP contribution in [0.15, 0.2) is 60.8 Å². The van der Waals surface area contributed by atoms with Crippen molar-refractivity contribution in [2.75, 3.05) is 17.6 Å². The van der Waals surface area contributed by atoms with Crippen molar-refractivity contribution in [3.8, 4) is 22.8 Å². The Balaban J connectivity index is 1.78. The third-order valence-corrected chi connectivity index (χ3v) is 5.71. The number of rotatable bonds is 9. The molecule has 1 N–H and O–H groups in total. The molecule has 2 aromatic carbocycles. The number of benzene rings is 2. The van der Waals surface area contributed by atoms with Gasteiger partial charge in [0.1, 0.15) is 29.0 Å². The number of nitrogens with one attached hydrogen (secondary N) is 1. The first kappa shape index (κ1) is 23.6. The first-order valence-electron chi connectivity index (χ1n) is 9.88. The number of halogens is 3. The Morgan fingerprint density at radius 3 is 2.56 bits per heavy atom. The lowest BCUT2D eigenvalue weighted by Gasteiger charge is -2.13. The van der Waals surface area contributed by atoms with Crippen LogP contribution in [-0.2, 0) is 23.8 Å². The van der Waals surface area contributed by atoms with Gasteiger partial charge in [-0.25, -0.2) is 9.19 Å². The molecule has 1 aromatic heterocycles. The van der Waals surface area contributed by atoms with Crippen LogP contribution in [0.5, 0.6) is 11.6 Å². The summed E-state index contributed by atoms with van der Waals surface area (Å²) in [5.74, 6) is 1.32. The highest BCUT2D eigenvalue weighted by atomic mass is 32.2. The van der Waals surface area contributed by atoms with Gasteiger partial charge in [-0.2, -0.15) is 13.2 Å². The number of alkyl halides is 3. The molecule has 1 unspecified atom stereocenters. The lowest BCUT2D eigenvalue weighted by atomic mass is 10.1. The van der Waals surface area contributed by atoms with Crippen molar-refractivity contribution in [1.82, 2.24) is 4.98 Å². The maximum absolute atomic E-state index is 12.9. The second-order valence-corrected chi connectivity index (χ2v) is 8.25. The molecule has 32 heavy (non-hydrogen) atoms. The Kier molecular flexibility index (Phi) is 7.74. The predicted octanol–water partition coefficient (Wildman–Crippen LogP) is 5.84. The highest BCUT2D eigenvalue weighted by Gasteiger charge is 2.30. The van der Waals surface area contributed by atoms with E-state index in [4.69, 9.17) is 9.47 Å². The summed E-state index contributed by atoms with van der Waals surface area (Å²) in [6.45, 7) is 1.94. The summed E-state index contributed by atoms with van der Waals surface area (Å²) >= 11 is 0. The molecule has 5 nitrogen and oxygen atoms in total. The first-order valence-corrected chi connectivity index (χ1v) is 11.2. The van der Waals surface area contributed by atoms with Crippen LogP contribution < -0.4 is 14.2 Å². The average molecular weight is 465 g/mol. The molecule has 0 aliphatic rings. The number of methoxy groups -OCH3 is 1. The van der Waals surface area contributed by atoms with Gasteiger partial charge in [0.05, 0.1) is 12.7 Å². The minimum Gasteiger partial charge on any atom is -0.489 e. The molecular formula is C23H23F3N2O3S. The zero-order valence-electron chi connectivity index (χ0n) is 17.6. The predicted molar refractivity (Wildman–Crippen MR) is 119 cm³/mol. The van der Waals surface area contributed by atoms with Crippen LogP contribution in [0.25, 0.3) is 11.1 Å². The number of hydrogen-bond donors (Lipinski definition) is 1. The second-order valence-electron chi connectivity index (χ2n) is 6.95. The van der Waals surface area contributed by atoms with Crippen molar-refractivity contribution in [3.63, 3.8) is 0 Å². The summed E-state index contributed by atoms with van der Waals surface area (Å²) in [5, 5.41) is 0. The normalized spacial score (nSPS) is 12.3. The van der Waals surface area contributed by atoms with Crippen molar-refractivity contribution >= 4 is 16.7 Å². The van der Waals surface area contributed by atoms with Gasteiger partial charge in [0, 0.05) is 17.5 Å². The maximum atomic E-state index is 12.9. The monoisotopic (exact) mass is 464 g/mol. The van der Waals surface area contributed by atoms with E-state index < -0.39 is 22.7 Å². The van der Waals surface area contributed by atoms with Crippen molar-refractivity contribution in [1.29, 1.82) is 0 Å². The van der Waals surface area contributed by atoms with Gasteiger partial charge in [-0.15, -0.1) is 0 Å². The SMILES string of the molecule is CCCS(=O)Nc1cc(-c2cccc(OCc3cccc(C(F)(F)F)c3)c2)cnc1OC. The molecule has 0 aliphatic carbocycles. The average Bonchev–Trinajstić information content (AvgIpc) is 2.77. The molecule has 0 amide bonds. The Morgan fingerprint density at radius 1 is 1.06 bits per heavy atom. The fourth-order valence-corrected chi connectivity index (χ4v) is 3.84. The third-order valence-electron chi connectivity index (χ3n) is 4.48.